The fraction of sp³-hybridized carbons (Fsp3) is 0.158. The van der Waals surface area contributed by atoms with E-state index in [0.717, 1.165) is 22.4 Å². The summed E-state index contributed by atoms with van der Waals surface area (Å²) in [5.41, 5.74) is 5.52. The van der Waals surface area contributed by atoms with E-state index in [-0.39, 0.29) is 11.6 Å². The van der Waals surface area contributed by atoms with Gasteiger partial charge in [0, 0.05) is 18.3 Å². The molecule has 0 fully saturated rings. The van der Waals surface area contributed by atoms with Gasteiger partial charge in [0.25, 0.3) is 5.91 Å². The summed E-state index contributed by atoms with van der Waals surface area (Å²) in [6.07, 6.45) is 0. The molecule has 0 saturated carbocycles. The van der Waals surface area contributed by atoms with Crippen LogP contribution in [-0.2, 0) is 7.05 Å². The summed E-state index contributed by atoms with van der Waals surface area (Å²) in [7, 11) is 1.69. The second kappa shape index (κ2) is 5.80. The van der Waals surface area contributed by atoms with Gasteiger partial charge in [0.05, 0.1) is 33.5 Å². The second-order valence-electron chi connectivity index (χ2n) is 6.27. The SMILES string of the molecule is Cc1nc2ccc(C(=O)Nc3ccc4c(c3)[nH]c(=O)n4C)cc2nc1C. The van der Waals surface area contributed by atoms with Crippen molar-refractivity contribution in [2.45, 2.75) is 13.8 Å². The zero-order valence-electron chi connectivity index (χ0n) is 14.6. The predicted octanol–water partition coefficient (Wildman–Crippen LogP) is 2.68. The van der Waals surface area contributed by atoms with Crippen LogP contribution in [0.5, 0.6) is 0 Å². The highest BCUT2D eigenvalue weighted by Crippen LogP contribution is 2.18. The van der Waals surface area contributed by atoms with Gasteiger partial charge in [0.1, 0.15) is 0 Å². The number of aromatic nitrogens is 4. The van der Waals surface area contributed by atoms with Crippen LogP contribution in [0.4, 0.5) is 5.69 Å². The number of imidazole rings is 1. The average molecular weight is 347 g/mol. The highest BCUT2D eigenvalue weighted by molar-refractivity contribution is 6.06. The molecule has 2 N–H and O–H groups in total. The van der Waals surface area contributed by atoms with Crippen molar-refractivity contribution in [2.75, 3.05) is 5.32 Å². The van der Waals surface area contributed by atoms with Crippen molar-refractivity contribution < 1.29 is 4.79 Å². The number of nitrogens with zero attached hydrogens (tertiary/aromatic N) is 3. The summed E-state index contributed by atoms with van der Waals surface area (Å²) in [5, 5.41) is 2.85. The number of rotatable bonds is 2. The van der Waals surface area contributed by atoms with Crippen molar-refractivity contribution in [2.24, 2.45) is 7.05 Å². The van der Waals surface area contributed by atoms with E-state index in [1.165, 1.54) is 4.57 Å². The molecule has 0 saturated heterocycles. The fourth-order valence-corrected chi connectivity index (χ4v) is 2.89. The Morgan fingerprint density at radius 3 is 2.54 bits per heavy atom. The van der Waals surface area contributed by atoms with Gasteiger partial charge in [-0.1, -0.05) is 0 Å². The number of carbonyl (C=O) groups is 1. The van der Waals surface area contributed by atoms with E-state index in [2.05, 4.69) is 20.3 Å². The third-order valence-electron chi connectivity index (χ3n) is 4.50. The molecule has 0 unspecified atom stereocenters. The van der Waals surface area contributed by atoms with Crippen LogP contribution >= 0.6 is 0 Å². The highest BCUT2D eigenvalue weighted by Gasteiger charge is 2.10. The molecule has 1 amide bonds. The molecule has 130 valence electrons. The van der Waals surface area contributed by atoms with Crippen LogP contribution in [0, 0.1) is 13.8 Å². The van der Waals surface area contributed by atoms with E-state index in [4.69, 9.17) is 0 Å². The van der Waals surface area contributed by atoms with Gasteiger partial charge in [-0.2, -0.15) is 0 Å². The molecule has 7 nitrogen and oxygen atoms in total. The number of nitrogens with one attached hydrogen (secondary N) is 2. The summed E-state index contributed by atoms with van der Waals surface area (Å²) in [6, 6.07) is 10.5. The molecule has 26 heavy (non-hydrogen) atoms. The Morgan fingerprint density at radius 1 is 1.04 bits per heavy atom. The van der Waals surface area contributed by atoms with Crippen molar-refractivity contribution in [3.05, 3.63) is 63.8 Å². The van der Waals surface area contributed by atoms with Crippen LogP contribution in [0.2, 0.25) is 0 Å². The number of carbonyl (C=O) groups excluding carboxylic acids is 1. The van der Waals surface area contributed by atoms with E-state index in [0.29, 0.717) is 22.3 Å². The number of hydrogen-bond donors (Lipinski definition) is 2. The normalized spacial score (nSPS) is 11.2. The average Bonchev–Trinajstić information content (AvgIpc) is 2.89. The maximum Gasteiger partial charge on any atom is 0.326 e. The summed E-state index contributed by atoms with van der Waals surface area (Å²) in [4.78, 5) is 36.0. The first kappa shape index (κ1) is 16.0. The number of amides is 1. The molecule has 0 bridgehead atoms. The Hall–Kier alpha value is -3.48. The van der Waals surface area contributed by atoms with Crippen molar-refractivity contribution in [3.63, 3.8) is 0 Å². The molecular weight excluding hydrogens is 330 g/mol. The fourth-order valence-electron chi connectivity index (χ4n) is 2.89. The Labute approximate surface area is 148 Å². The van der Waals surface area contributed by atoms with Crippen LogP contribution in [0.3, 0.4) is 0 Å². The number of aromatic amines is 1. The molecule has 0 aliphatic heterocycles. The lowest BCUT2D eigenvalue weighted by molar-refractivity contribution is 0.102. The van der Waals surface area contributed by atoms with Crippen molar-refractivity contribution >= 4 is 33.7 Å². The molecule has 0 atom stereocenters. The van der Waals surface area contributed by atoms with E-state index in [1.54, 1.807) is 43.4 Å². The lowest BCUT2D eigenvalue weighted by Gasteiger charge is -2.07. The highest BCUT2D eigenvalue weighted by atomic mass is 16.2. The standard InChI is InChI=1S/C19H17N5O2/c1-10-11(2)21-15-8-12(4-6-14(15)20-10)18(25)22-13-5-7-17-16(9-13)23-19(26)24(17)3/h4-9H,1-3H3,(H,22,25)(H,23,26). The quantitative estimate of drug-likeness (QED) is 0.583. The van der Waals surface area contributed by atoms with Crippen molar-refractivity contribution in [1.29, 1.82) is 0 Å². The molecule has 0 aliphatic rings. The smallest absolute Gasteiger partial charge is 0.322 e. The third kappa shape index (κ3) is 2.63. The maximum atomic E-state index is 12.6. The van der Waals surface area contributed by atoms with Gasteiger partial charge >= 0.3 is 5.69 Å². The third-order valence-corrected chi connectivity index (χ3v) is 4.50. The van der Waals surface area contributed by atoms with Crippen LogP contribution in [0.1, 0.15) is 21.7 Å². The first-order valence-corrected chi connectivity index (χ1v) is 8.17. The van der Waals surface area contributed by atoms with Gasteiger partial charge in [-0.05, 0) is 50.2 Å². The van der Waals surface area contributed by atoms with Gasteiger partial charge in [0.15, 0.2) is 0 Å². The second-order valence-corrected chi connectivity index (χ2v) is 6.27. The molecule has 4 aromatic rings. The van der Waals surface area contributed by atoms with Crippen LogP contribution in [0.15, 0.2) is 41.2 Å². The number of benzene rings is 2. The van der Waals surface area contributed by atoms with Crippen molar-refractivity contribution in [1.82, 2.24) is 19.5 Å². The number of aryl methyl sites for hydroxylation is 3. The van der Waals surface area contributed by atoms with E-state index < -0.39 is 0 Å². The Balaban J connectivity index is 1.66. The monoisotopic (exact) mass is 347 g/mol. The molecule has 4 rings (SSSR count). The van der Waals surface area contributed by atoms with E-state index in [1.807, 2.05) is 13.8 Å². The molecular formula is C19H17N5O2. The summed E-state index contributed by atoms with van der Waals surface area (Å²) < 4.78 is 1.52. The first-order valence-electron chi connectivity index (χ1n) is 8.17. The zero-order valence-corrected chi connectivity index (χ0v) is 14.6. The molecule has 7 heteroatoms. The molecule has 0 radical (unpaired) electrons. The van der Waals surface area contributed by atoms with Crippen molar-refractivity contribution in [3.8, 4) is 0 Å². The Morgan fingerprint density at radius 2 is 1.77 bits per heavy atom. The van der Waals surface area contributed by atoms with Crippen LogP contribution in [-0.4, -0.2) is 25.4 Å². The topological polar surface area (TPSA) is 92.7 Å². The molecule has 2 aromatic heterocycles. The molecule has 0 spiro atoms. The summed E-state index contributed by atoms with van der Waals surface area (Å²) in [5.74, 6) is -0.246. The van der Waals surface area contributed by atoms with Crippen LogP contribution < -0.4 is 11.0 Å². The van der Waals surface area contributed by atoms with Gasteiger partial charge in [-0.25, -0.2) is 14.8 Å². The minimum atomic E-state index is -0.246. The maximum absolute atomic E-state index is 12.6. The summed E-state index contributed by atoms with van der Waals surface area (Å²) in [6.45, 7) is 3.80. The van der Waals surface area contributed by atoms with Gasteiger partial charge in [-0.3, -0.25) is 9.36 Å². The molecule has 2 aromatic carbocycles. The number of fused-ring (bicyclic) bond motifs is 2. The molecule has 2 heterocycles. The number of anilines is 1. The zero-order chi connectivity index (χ0) is 18.4. The lowest BCUT2D eigenvalue weighted by Crippen LogP contribution is -2.12. The van der Waals surface area contributed by atoms with Gasteiger partial charge in [-0.15, -0.1) is 0 Å². The van der Waals surface area contributed by atoms with Gasteiger partial charge < -0.3 is 10.3 Å². The Bertz CT molecular complexity index is 1240. The number of H-pyrrole nitrogens is 1. The Kier molecular flexibility index (Phi) is 3.57. The minimum absolute atomic E-state index is 0.192. The van der Waals surface area contributed by atoms with Crippen LogP contribution in [0.25, 0.3) is 22.1 Å². The summed E-state index contributed by atoms with van der Waals surface area (Å²) >= 11 is 0. The predicted molar refractivity (Wildman–Crippen MR) is 101 cm³/mol. The minimum Gasteiger partial charge on any atom is -0.322 e. The largest absolute Gasteiger partial charge is 0.326 e. The lowest BCUT2D eigenvalue weighted by atomic mass is 10.1. The molecule has 0 aliphatic carbocycles. The van der Waals surface area contributed by atoms with E-state index in [9.17, 15) is 9.59 Å². The number of hydrogen-bond acceptors (Lipinski definition) is 4. The first-order chi connectivity index (χ1) is 12.4. The van der Waals surface area contributed by atoms with E-state index >= 15 is 0 Å². The van der Waals surface area contributed by atoms with Gasteiger partial charge in [0.2, 0.25) is 0 Å².